The van der Waals surface area contributed by atoms with E-state index in [1.165, 1.54) is 7.11 Å². The summed E-state index contributed by atoms with van der Waals surface area (Å²) < 4.78 is 18.6. The third-order valence-electron chi connectivity index (χ3n) is 3.28. The SMILES string of the molecule is COC(=O)c1cc(Br)n(CCc2cc(OC)c(OC)nc2Br)c1. The molecule has 6 nitrogen and oxygen atoms in total. The number of rotatable bonds is 6. The second kappa shape index (κ2) is 7.83. The van der Waals surface area contributed by atoms with Gasteiger partial charge in [-0.1, -0.05) is 0 Å². The Kier molecular flexibility index (Phi) is 6.06. The van der Waals surface area contributed by atoms with Gasteiger partial charge in [0.2, 0.25) is 0 Å². The number of hydrogen-bond donors (Lipinski definition) is 0. The number of hydrogen-bond acceptors (Lipinski definition) is 5. The maximum Gasteiger partial charge on any atom is 0.339 e. The Hall–Kier alpha value is -1.54. The van der Waals surface area contributed by atoms with Crippen molar-refractivity contribution in [2.24, 2.45) is 0 Å². The fourth-order valence-corrected chi connectivity index (χ4v) is 3.08. The summed E-state index contributed by atoms with van der Waals surface area (Å²) in [5.41, 5.74) is 1.48. The molecule has 0 amide bonds. The molecule has 124 valence electrons. The lowest BCUT2D eigenvalue weighted by molar-refractivity contribution is 0.0600. The summed E-state index contributed by atoms with van der Waals surface area (Å²) in [4.78, 5) is 15.9. The van der Waals surface area contributed by atoms with Crippen LogP contribution in [-0.4, -0.2) is 36.8 Å². The van der Waals surface area contributed by atoms with E-state index in [0.717, 1.165) is 10.2 Å². The Morgan fingerprint density at radius 1 is 1.22 bits per heavy atom. The summed E-state index contributed by atoms with van der Waals surface area (Å²) in [6, 6.07) is 3.61. The average molecular weight is 448 g/mol. The molecule has 8 heteroatoms. The number of halogens is 2. The van der Waals surface area contributed by atoms with Gasteiger partial charge in [0, 0.05) is 12.7 Å². The van der Waals surface area contributed by atoms with Crippen LogP contribution in [0.1, 0.15) is 15.9 Å². The predicted molar refractivity (Wildman–Crippen MR) is 92.2 cm³/mol. The fourth-order valence-electron chi connectivity index (χ4n) is 2.08. The van der Waals surface area contributed by atoms with Gasteiger partial charge in [-0.05, 0) is 56.0 Å². The number of esters is 1. The molecule has 2 heterocycles. The van der Waals surface area contributed by atoms with Gasteiger partial charge in [-0.25, -0.2) is 9.78 Å². The largest absolute Gasteiger partial charge is 0.491 e. The highest BCUT2D eigenvalue weighted by molar-refractivity contribution is 9.10. The third kappa shape index (κ3) is 4.06. The molecule has 2 aromatic heterocycles. The maximum atomic E-state index is 11.6. The predicted octanol–water partition coefficient (Wildman–Crippen LogP) is 3.45. The van der Waals surface area contributed by atoms with Crippen LogP contribution in [0.5, 0.6) is 11.6 Å². The van der Waals surface area contributed by atoms with Crippen molar-refractivity contribution in [3.8, 4) is 11.6 Å². The second-order valence-corrected chi connectivity index (χ2v) is 6.20. The second-order valence-electron chi connectivity index (χ2n) is 4.64. The average Bonchev–Trinajstić information content (AvgIpc) is 2.93. The van der Waals surface area contributed by atoms with Crippen molar-refractivity contribution in [1.82, 2.24) is 9.55 Å². The molecule has 0 aliphatic rings. The molecule has 0 aromatic carbocycles. The maximum absolute atomic E-state index is 11.6. The fraction of sp³-hybridized carbons (Fsp3) is 0.333. The molecule has 0 saturated carbocycles. The van der Waals surface area contributed by atoms with Crippen LogP contribution in [0.25, 0.3) is 0 Å². The molecule has 0 unspecified atom stereocenters. The summed E-state index contributed by atoms with van der Waals surface area (Å²) in [5.74, 6) is 0.643. The van der Waals surface area contributed by atoms with E-state index in [1.54, 1.807) is 26.5 Å². The monoisotopic (exact) mass is 446 g/mol. The Bertz CT molecular complexity index is 716. The van der Waals surface area contributed by atoms with Crippen LogP contribution in [0.15, 0.2) is 27.5 Å². The van der Waals surface area contributed by atoms with Crippen molar-refractivity contribution >= 4 is 37.8 Å². The smallest absolute Gasteiger partial charge is 0.339 e. The molecule has 0 aliphatic carbocycles. The lowest BCUT2D eigenvalue weighted by Gasteiger charge is -2.11. The zero-order chi connectivity index (χ0) is 17.0. The van der Waals surface area contributed by atoms with Gasteiger partial charge in [-0.2, -0.15) is 0 Å². The van der Waals surface area contributed by atoms with Gasteiger partial charge in [0.1, 0.15) is 4.60 Å². The molecule has 23 heavy (non-hydrogen) atoms. The van der Waals surface area contributed by atoms with E-state index in [1.807, 2.05) is 10.6 Å². The van der Waals surface area contributed by atoms with Crippen molar-refractivity contribution in [2.45, 2.75) is 13.0 Å². The number of carbonyl (C=O) groups excluding carboxylic acids is 1. The Labute approximate surface area is 151 Å². The minimum atomic E-state index is -0.363. The normalized spacial score (nSPS) is 10.5. The van der Waals surface area contributed by atoms with Crippen molar-refractivity contribution in [3.63, 3.8) is 0 Å². The molecule has 0 bridgehead atoms. The first kappa shape index (κ1) is 17.8. The zero-order valence-corrected chi connectivity index (χ0v) is 16.1. The van der Waals surface area contributed by atoms with Crippen molar-refractivity contribution in [3.05, 3.63) is 38.7 Å². The number of aryl methyl sites for hydroxylation is 2. The standard InChI is InChI=1S/C15H16Br2N2O4/c1-21-11-6-9(13(17)18-14(11)22-2)4-5-19-8-10(7-12(19)16)15(20)23-3/h6-8H,4-5H2,1-3H3. The van der Waals surface area contributed by atoms with E-state index in [-0.39, 0.29) is 5.97 Å². The molecule has 0 spiro atoms. The van der Waals surface area contributed by atoms with Crippen LogP contribution in [-0.2, 0) is 17.7 Å². The highest BCUT2D eigenvalue weighted by atomic mass is 79.9. The first-order valence-electron chi connectivity index (χ1n) is 6.71. The topological polar surface area (TPSA) is 62.6 Å². The first-order chi connectivity index (χ1) is 11.0. The molecule has 0 N–H and O–H groups in total. The third-order valence-corrected chi connectivity index (χ3v) is 4.65. The van der Waals surface area contributed by atoms with Crippen molar-refractivity contribution in [1.29, 1.82) is 0 Å². The number of pyridine rings is 1. The Balaban J connectivity index is 2.18. The summed E-state index contributed by atoms with van der Waals surface area (Å²) in [6.07, 6.45) is 2.44. The molecule has 2 aromatic rings. The summed E-state index contributed by atoms with van der Waals surface area (Å²) in [6.45, 7) is 0.660. The Morgan fingerprint density at radius 2 is 1.96 bits per heavy atom. The molecular weight excluding hydrogens is 432 g/mol. The number of methoxy groups -OCH3 is 3. The van der Waals surface area contributed by atoms with Gasteiger partial charge in [0.15, 0.2) is 5.75 Å². The van der Waals surface area contributed by atoms with E-state index in [2.05, 4.69) is 36.8 Å². The molecule has 0 fully saturated rings. The number of aromatic nitrogens is 2. The highest BCUT2D eigenvalue weighted by Crippen LogP contribution is 2.30. The van der Waals surface area contributed by atoms with Gasteiger partial charge in [0.05, 0.1) is 31.5 Å². The molecule has 0 radical (unpaired) electrons. The van der Waals surface area contributed by atoms with E-state index >= 15 is 0 Å². The molecule has 0 atom stereocenters. The van der Waals surface area contributed by atoms with Gasteiger partial charge in [-0.15, -0.1) is 0 Å². The van der Waals surface area contributed by atoms with Crippen LogP contribution in [0, 0.1) is 0 Å². The van der Waals surface area contributed by atoms with Gasteiger partial charge in [-0.3, -0.25) is 0 Å². The number of nitrogens with zero attached hydrogens (tertiary/aromatic N) is 2. The van der Waals surface area contributed by atoms with E-state index in [9.17, 15) is 4.79 Å². The van der Waals surface area contributed by atoms with E-state index < -0.39 is 0 Å². The van der Waals surface area contributed by atoms with Gasteiger partial charge >= 0.3 is 5.97 Å². The first-order valence-corrected chi connectivity index (χ1v) is 8.30. The van der Waals surface area contributed by atoms with Crippen LogP contribution < -0.4 is 9.47 Å². The minimum absolute atomic E-state index is 0.363. The van der Waals surface area contributed by atoms with E-state index in [0.29, 0.717) is 34.8 Å². The molecule has 0 aliphatic heterocycles. The van der Waals surface area contributed by atoms with E-state index in [4.69, 9.17) is 14.2 Å². The van der Waals surface area contributed by atoms with Crippen LogP contribution >= 0.6 is 31.9 Å². The lowest BCUT2D eigenvalue weighted by Crippen LogP contribution is -2.04. The quantitative estimate of drug-likeness (QED) is 0.501. The van der Waals surface area contributed by atoms with Crippen LogP contribution in [0.3, 0.4) is 0 Å². The minimum Gasteiger partial charge on any atom is -0.491 e. The van der Waals surface area contributed by atoms with Crippen LogP contribution in [0.2, 0.25) is 0 Å². The summed E-state index contributed by atoms with van der Waals surface area (Å²) >= 11 is 6.88. The zero-order valence-electron chi connectivity index (χ0n) is 12.9. The Morgan fingerprint density at radius 3 is 2.57 bits per heavy atom. The number of carbonyl (C=O) groups is 1. The van der Waals surface area contributed by atoms with Crippen molar-refractivity contribution in [2.75, 3.05) is 21.3 Å². The molecular formula is C15H16Br2N2O4. The highest BCUT2D eigenvalue weighted by Gasteiger charge is 2.14. The molecule has 2 rings (SSSR count). The van der Waals surface area contributed by atoms with Gasteiger partial charge < -0.3 is 18.8 Å². The summed E-state index contributed by atoms with van der Waals surface area (Å²) in [7, 11) is 4.48. The number of ether oxygens (including phenoxy) is 3. The molecule has 0 saturated heterocycles. The summed E-state index contributed by atoms with van der Waals surface area (Å²) in [5, 5.41) is 0. The lowest BCUT2D eigenvalue weighted by atomic mass is 10.2. The van der Waals surface area contributed by atoms with Crippen LogP contribution in [0.4, 0.5) is 0 Å². The van der Waals surface area contributed by atoms with Crippen molar-refractivity contribution < 1.29 is 19.0 Å². The van der Waals surface area contributed by atoms with Gasteiger partial charge in [0.25, 0.3) is 5.88 Å².